The largest absolute Gasteiger partial charge is 0.462 e. The number of carbonyl (C=O) groups is 3. The van der Waals surface area contributed by atoms with Crippen LogP contribution in [0, 0.1) is 23.2 Å². The van der Waals surface area contributed by atoms with Crippen LogP contribution in [0.25, 0.3) is 0 Å². The molecule has 31 heavy (non-hydrogen) atoms. The highest BCUT2D eigenvalue weighted by atomic mass is 16.5. The first kappa shape index (κ1) is 20.2. The number of ether oxygens (including phenoxy) is 1. The Balaban J connectivity index is 1.18. The summed E-state index contributed by atoms with van der Waals surface area (Å²) in [6.45, 7) is 0.200. The second kappa shape index (κ2) is 7.79. The zero-order valence-electron chi connectivity index (χ0n) is 17.5. The third-order valence-corrected chi connectivity index (χ3v) is 7.41. The van der Waals surface area contributed by atoms with Crippen LogP contribution in [0.1, 0.15) is 48.9 Å². The fraction of sp³-hybridized carbons (Fsp3) is 0.542. The highest BCUT2D eigenvalue weighted by Gasteiger charge is 2.51. The van der Waals surface area contributed by atoms with Gasteiger partial charge in [-0.3, -0.25) is 14.5 Å². The molecule has 4 bridgehead atoms. The van der Waals surface area contributed by atoms with E-state index in [-0.39, 0.29) is 30.2 Å². The molecule has 7 heteroatoms. The van der Waals surface area contributed by atoms with Gasteiger partial charge in [0.25, 0.3) is 11.8 Å². The van der Waals surface area contributed by atoms with Crippen LogP contribution in [0.4, 0.5) is 5.69 Å². The standard InChI is InChI=1S/C24H28N2O5/c27-6-5-26-21(28)10-20(22(26)29)25-19-3-1-18(2-4-19)23(30)31-14-24-11-15-7-16(12-24)9-17(8-15)13-24/h1-4,10,15-17,25,27H,5-9,11-14H2. The topological polar surface area (TPSA) is 95.9 Å². The van der Waals surface area contributed by atoms with E-state index < -0.39 is 11.8 Å². The molecule has 4 aliphatic carbocycles. The van der Waals surface area contributed by atoms with Crippen molar-refractivity contribution in [3.05, 3.63) is 41.6 Å². The summed E-state index contributed by atoms with van der Waals surface area (Å²) >= 11 is 0. The van der Waals surface area contributed by atoms with E-state index in [9.17, 15) is 14.4 Å². The average Bonchev–Trinajstić information content (AvgIpc) is 2.99. The molecule has 7 nitrogen and oxygen atoms in total. The third kappa shape index (κ3) is 3.87. The quantitative estimate of drug-likeness (QED) is 0.516. The van der Waals surface area contributed by atoms with Gasteiger partial charge in [-0.1, -0.05) is 0 Å². The number of benzene rings is 1. The van der Waals surface area contributed by atoms with Crippen molar-refractivity contribution in [2.45, 2.75) is 38.5 Å². The van der Waals surface area contributed by atoms with Crippen molar-refractivity contribution in [1.82, 2.24) is 4.90 Å². The number of aliphatic hydroxyl groups is 1. The van der Waals surface area contributed by atoms with Gasteiger partial charge in [0.1, 0.15) is 5.70 Å². The van der Waals surface area contributed by atoms with Gasteiger partial charge < -0.3 is 15.2 Å². The molecule has 164 valence electrons. The van der Waals surface area contributed by atoms with Crippen LogP contribution in [-0.4, -0.2) is 47.5 Å². The Morgan fingerprint density at radius 2 is 1.68 bits per heavy atom. The first-order valence-electron chi connectivity index (χ1n) is 11.2. The van der Waals surface area contributed by atoms with E-state index in [4.69, 9.17) is 9.84 Å². The van der Waals surface area contributed by atoms with Gasteiger partial charge in [0.15, 0.2) is 0 Å². The van der Waals surface area contributed by atoms with E-state index in [1.165, 1.54) is 44.6 Å². The molecule has 0 unspecified atom stereocenters. The molecule has 2 amide bonds. The summed E-state index contributed by atoms with van der Waals surface area (Å²) in [6, 6.07) is 6.71. The monoisotopic (exact) mass is 424 g/mol. The SMILES string of the molecule is O=C(OCC12CC3CC(CC(C3)C1)C2)c1ccc(NC2=CC(=O)N(CCO)C2=O)cc1. The Morgan fingerprint density at radius 1 is 1.06 bits per heavy atom. The molecule has 0 atom stereocenters. The number of amides is 2. The van der Waals surface area contributed by atoms with Crippen molar-refractivity contribution < 1.29 is 24.2 Å². The second-order valence-corrected chi connectivity index (χ2v) is 9.77. The zero-order valence-corrected chi connectivity index (χ0v) is 17.5. The van der Waals surface area contributed by atoms with Crippen molar-refractivity contribution in [3.63, 3.8) is 0 Å². The van der Waals surface area contributed by atoms with Crippen molar-refractivity contribution >= 4 is 23.5 Å². The predicted molar refractivity (Wildman–Crippen MR) is 113 cm³/mol. The van der Waals surface area contributed by atoms with E-state index in [1.54, 1.807) is 24.3 Å². The number of aliphatic hydroxyl groups excluding tert-OH is 1. The zero-order chi connectivity index (χ0) is 21.6. The summed E-state index contributed by atoms with van der Waals surface area (Å²) < 4.78 is 5.76. The highest BCUT2D eigenvalue weighted by molar-refractivity contribution is 6.17. The molecule has 1 heterocycles. The van der Waals surface area contributed by atoms with Crippen LogP contribution in [-0.2, 0) is 14.3 Å². The molecule has 4 saturated carbocycles. The Labute approximate surface area is 181 Å². The summed E-state index contributed by atoms with van der Waals surface area (Å²) in [5.74, 6) is 1.22. The number of rotatable bonds is 7. The van der Waals surface area contributed by atoms with E-state index in [0.29, 0.717) is 17.9 Å². The smallest absolute Gasteiger partial charge is 0.338 e. The van der Waals surface area contributed by atoms with Gasteiger partial charge in [-0.2, -0.15) is 0 Å². The van der Waals surface area contributed by atoms with Crippen molar-refractivity contribution in [1.29, 1.82) is 0 Å². The summed E-state index contributed by atoms with van der Waals surface area (Å²) in [5, 5.41) is 11.9. The molecule has 0 saturated heterocycles. The maximum Gasteiger partial charge on any atom is 0.338 e. The van der Waals surface area contributed by atoms with Gasteiger partial charge in [-0.15, -0.1) is 0 Å². The minimum absolute atomic E-state index is 0.0339. The molecule has 4 fully saturated rings. The van der Waals surface area contributed by atoms with Crippen molar-refractivity contribution in [2.24, 2.45) is 23.2 Å². The minimum atomic E-state index is -0.474. The predicted octanol–water partition coefficient (Wildman–Crippen LogP) is 2.72. The lowest BCUT2D eigenvalue weighted by molar-refractivity contribution is -0.137. The van der Waals surface area contributed by atoms with Crippen LogP contribution < -0.4 is 5.32 Å². The number of esters is 1. The van der Waals surface area contributed by atoms with Gasteiger partial charge in [0.05, 0.1) is 25.3 Å². The van der Waals surface area contributed by atoms with Crippen LogP contribution in [0.15, 0.2) is 36.0 Å². The van der Waals surface area contributed by atoms with Gasteiger partial charge in [0, 0.05) is 17.2 Å². The number of nitrogens with one attached hydrogen (secondary N) is 1. The van der Waals surface area contributed by atoms with E-state index >= 15 is 0 Å². The summed E-state index contributed by atoms with van der Waals surface area (Å²) in [7, 11) is 0. The highest BCUT2D eigenvalue weighted by Crippen LogP contribution is 2.60. The Bertz CT molecular complexity index is 901. The summed E-state index contributed by atoms with van der Waals surface area (Å²) in [6.07, 6.45) is 8.91. The number of β-amino-alcohol motifs (C(OH)–C–C–N with tert-alkyl or cyclic N) is 1. The van der Waals surface area contributed by atoms with Crippen molar-refractivity contribution in [3.8, 4) is 0 Å². The first-order valence-corrected chi connectivity index (χ1v) is 11.2. The molecule has 0 aromatic heterocycles. The number of nitrogens with zero attached hydrogens (tertiary/aromatic N) is 1. The van der Waals surface area contributed by atoms with Gasteiger partial charge >= 0.3 is 5.97 Å². The van der Waals surface area contributed by atoms with E-state index in [0.717, 1.165) is 22.7 Å². The first-order chi connectivity index (χ1) is 14.9. The van der Waals surface area contributed by atoms with Gasteiger partial charge in [-0.05, 0) is 80.5 Å². The lowest BCUT2D eigenvalue weighted by Crippen LogP contribution is -2.48. The lowest BCUT2D eigenvalue weighted by Gasteiger charge is -2.56. The number of hydrogen-bond acceptors (Lipinski definition) is 6. The van der Waals surface area contributed by atoms with Crippen LogP contribution >= 0.6 is 0 Å². The maximum atomic E-state index is 12.6. The normalized spacial score (nSPS) is 31.2. The molecule has 2 N–H and O–H groups in total. The van der Waals surface area contributed by atoms with Crippen LogP contribution in [0.3, 0.4) is 0 Å². The third-order valence-electron chi connectivity index (χ3n) is 7.41. The number of imide groups is 1. The molecule has 5 aliphatic rings. The Hall–Kier alpha value is -2.67. The molecular formula is C24H28N2O5. The second-order valence-electron chi connectivity index (χ2n) is 9.77. The molecular weight excluding hydrogens is 396 g/mol. The van der Waals surface area contributed by atoms with Gasteiger partial charge in [-0.25, -0.2) is 4.79 Å². The number of anilines is 1. The molecule has 1 aromatic rings. The maximum absolute atomic E-state index is 12.6. The van der Waals surface area contributed by atoms with Gasteiger partial charge in [0.2, 0.25) is 0 Å². The number of carbonyl (C=O) groups excluding carboxylic acids is 3. The molecule has 0 radical (unpaired) electrons. The lowest BCUT2D eigenvalue weighted by atomic mass is 9.50. The summed E-state index contributed by atoms with van der Waals surface area (Å²) in [4.78, 5) is 37.7. The van der Waals surface area contributed by atoms with Crippen molar-refractivity contribution in [2.75, 3.05) is 25.1 Å². The fourth-order valence-electron chi connectivity index (χ4n) is 6.52. The molecule has 1 aromatic carbocycles. The van der Waals surface area contributed by atoms with Crippen LogP contribution in [0.2, 0.25) is 0 Å². The van der Waals surface area contributed by atoms with E-state index in [2.05, 4.69) is 5.32 Å². The summed E-state index contributed by atoms with van der Waals surface area (Å²) in [5.41, 5.74) is 1.40. The average molecular weight is 424 g/mol. The molecule has 0 spiro atoms. The fourth-order valence-corrected chi connectivity index (χ4v) is 6.52. The Kier molecular flexibility index (Phi) is 5.08. The Morgan fingerprint density at radius 3 is 2.26 bits per heavy atom. The minimum Gasteiger partial charge on any atom is -0.462 e. The number of hydrogen-bond donors (Lipinski definition) is 2. The van der Waals surface area contributed by atoms with E-state index in [1.807, 2.05) is 0 Å². The molecule has 6 rings (SSSR count). The molecule has 1 aliphatic heterocycles. The van der Waals surface area contributed by atoms with Crippen LogP contribution in [0.5, 0.6) is 0 Å².